The number of hydrogen-bond donors (Lipinski definition) is 0. The number of hydrogen-bond acceptors (Lipinski definition) is 7. The molecule has 3 fully saturated rings. The van der Waals surface area contributed by atoms with E-state index in [9.17, 15) is 4.79 Å². The summed E-state index contributed by atoms with van der Waals surface area (Å²) in [5.41, 5.74) is 0.454. The van der Waals surface area contributed by atoms with Crippen LogP contribution in [0.3, 0.4) is 0 Å². The van der Waals surface area contributed by atoms with E-state index in [1.54, 1.807) is 38.1 Å². The van der Waals surface area contributed by atoms with Gasteiger partial charge in [0.05, 0.1) is 12.2 Å². The first-order valence-electron chi connectivity index (χ1n) is 8.80. The van der Waals surface area contributed by atoms with Gasteiger partial charge in [-0.15, -0.1) is 0 Å². The average Bonchev–Trinajstić information content (AvgIpc) is 3.04. The van der Waals surface area contributed by atoms with Crippen molar-refractivity contribution in [1.82, 2.24) is 0 Å². The fraction of sp³-hybridized carbons (Fsp3) is 0.632. The topological polar surface area (TPSA) is 72.5 Å². The monoisotopic (exact) mass is 364 g/mol. The van der Waals surface area contributed by atoms with Gasteiger partial charge in [0, 0.05) is 0 Å². The van der Waals surface area contributed by atoms with Gasteiger partial charge in [-0.3, -0.25) is 0 Å². The van der Waals surface area contributed by atoms with E-state index in [0.29, 0.717) is 12.2 Å². The zero-order valence-corrected chi connectivity index (χ0v) is 15.4. The number of benzene rings is 1. The smallest absolute Gasteiger partial charge is 0.338 e. The van der Waals surface area contributed by atoms with Crippen molar-refractivity contribution in [2.24, 2.45) is 0 Å². The minimum Gasteiger partial charge on any atom is -0.450 e. The van der Waals surface area contributed by atoms with E-state index in [-0.39, 0.29) is 6.61 Å². The second-order valence-corrected chi connectivity index (χ2v) is 7.74. The lowest BCUT2D eigenvalue weighted by Gasteiger charge is -2.38. The van der Waals surface area contributed by atoms with Crippen LogP contribution in [0.2, 0.25) is 0 Å². The van der Waals surface area contributed by atoms with Crippen LogP contribution in [0.15, 0.2) is 30.3 Å². The van der Waals surface area contributed by atoms with E-state index in [0.717, 1.165) is 0 Å². The van der Waals surface area contributed by atoms with Crippen LogP contribution in [0.25, 0.3) is 0 Å². The molecule has 0 bridgehead atoms. The van der Waals surface area contributed by atoms with Crippen LogP contribution in [0.5, 0.6) is 0 Å². The molecule has 0 amide bonds. The third-order valence-electron chi connectivity index (χ3n) is 4.75. The maximum atomic E-state index is 12.7. The lowest BCUT2D eigenvalue weighted by molar-refractivity contribution is -0.303. The Morgan fingerprint density at radius 2 is 1.77 bits per heavy atom. The van der Waals surface area contributed by atoms with Crippen molar-refractivity contribution in [2.75, 3.05) is 13.2 Å². The number of fused-ring (bicyclic) bond motifs is 1. The minimum absolute atomic E-state index is 0.142. The molecule has 7 nitrogen and oxygen atoms in total. The predicted molar refractivity (Wildman–Crippen MR) is 89.3 cm³/mol. The van der Waals surface area contributed by atoms with Crippen LogP contribution in [0.4, 0.5) is 0 Å². The maximum absolute atomic E-state index is 12.7. The SMILES string of the molecule is CC1(C)OC[C@@H]2O[C@]3(COC(C)(C)O3)[C@@H](OC(=O)c3ccccc3)[C@@H]2O1. The minimum atomic E-state index is -1.22. The number of esters is 1. The zero-order chi connectivity index (χ0) is 18.6. The molecular weight excluding hydrogens is 340 g/mol. The van der Waals surface area contributed by atoms with Gasteiger partial charge in [-0.25, -0.2) is 4.79 Å². The highest BCUT2D eigenvalue weighted by atomic mass is 16.9. The summed E-state index contributed by atoms with van der Waals surface area (Å²) >= 11 is 0. The van der Waals surface area contributed by atoms with Crippen molar-refractivity contribution in [1.29, 1.82) is 0 Å². The van der Waals surface area contributed by atoms with E-state index in [2.05, 4.69) is 0 Å². The Hall–Kier alpha value is -1.51. The first-order chi connectivity index (χ1) is 12.2. The normalized spacial score (nSPS) is 37.5. The Bertz CT molecular complexity index is 684. The van der Waals surface area contributed by atoms with E-state index in [1.165, 1.54) is 0 Å². The molecule has 0 N–H and O–H groups in total. The predicted octanol–water partition coefficient (Wildman–Crippen LogP) is 2.24. The summed E-state index contributed by atoms with van der Waals surface area (Å²) in [6.07, 6.45) is -1.69. The highest BCUT2D eigenvalue weighted by molar-refractivity contribution is 5.89. The van der Waals surface area contributed by atoms with Gasteiger partial charge < -0.3 is 28.4 Å². The molecule has 0 aromatic heterocycles. The highest BCUT2D eigenvalue weighted by Crippen LogP contribution is 2.46. The zero-order valence-electron chi connectivity index (χ0n) is 15.4. The second kappa shape index (κ2) is 6.00. The summed E-state index contributed by atoms with van der Waals surface area (Å²) in [7, 11) is 0. The molecular formula is C19H24O7. The Morgan fingerprint density at radius 1 is 1.04 bits per heavy atom. The summed E-state index contributed by atoms with van der Waals surface area (Å²) < 4.78 is 35.5. The molecule has 4 rings (SSSR count). The molecule has 1 aromatic carbocycles. The van der Waals surface area contributed by atoms with Crippen molar-refractivity contribution < 1.29 is 33.2 Å². The third kappa shape index (κ3) is 3.14. The quantitative estimate of drug-likeness (QED) is 0.745. The first-order valence-corrected chi connectivity index (χ1v) is 8.80. The highest BCUT2D eigenvalue weighted by Gasteiger charge is 2.66. The summed E-state index contributed by atoms with van der Waals surface area (Å²) in [6.45, 7) is 7.70. The van der Waals surface area contributed by atoms with Crippen LogP contribution in [0, 0.1) is 0 Å². The molecule has 3 aliphatic rings. The summed E-state index contributed by atoms with van der Waals surface area (Å²) in [4.78, 5) is 12.7. The lowest BCUT2D eigenvalue weighted by Crippen LogP contribution is -2.53. The third-order valence-corrected chi connectivity index (χ3v) is 4.75. The fourth-order valence-electron chi connectivity index (χ4n) is 3.61. The van der Waals surface area contributed by atoms with Crippen LogP contribution in [0.1, 0.15) is 38.1 Å². The average molecular weight is 364 g/mol. The van der Waals surface area contributed by atoms with E-state index in [1.807, 2.05) is 19.9 Å². The molecule has 142 valence electrons. The lowest BCUT2D eigenvalue weighted by atomic mass is 10.0. The molecule has 26 heavy (non-hydrogen) atoms. The summed E-state index contributed by atoms with van der Waals surface area (Å²) in [5.74, 6) is -3.32. The van der Waals surface area contributed by atoms with Gasteiger partial charge >= 0.3 is 5.97 Å². The molecule has 0 radical (unpaired) electrons. The Kier molecular flexibility index (Phi) is 4.13. The van der Waals surface area contributed by atoms with Gasteiger partial charge in [0.15, 0.2) is 17.7 Å². The van der Waals surface area contributed by atoms with E-state index in [4.69, 9.17) is 28.4 Å². The van der Waals surface area contributed by atoms with Crippen LogP contribution >= 0.6 is 0 Å². The van der Waals surface area contributed by atoms with Gasteiger partial charge in [-0.05, 0) is 39.8 Å². The van der Waals surface area contributed by atoms with E-state index < -0.39 is 41.6 Å². The molecule has 7 heteroatoms. The molecule has 1 spiro atoms. The van der Waals surface area contributed by atoms with Crippen LogP contribution in [-0.2, 0) is 28.4 Å². The van der Waals surface area contributed by atoms with Gasteiger partial charge in [-0.2, -0.15) is 0 Å². The molecule has 0 saturated carbocycles. The van der Waals surface area contributed by atoms with Crippen LogP contribution < -0.4 is 0 Å². The Morgan fingerprint density at radius 3 is 2.42 bits per heavy atom. The van der Waals surface area contributed by atoms with E-state index >= 15 is 0 Å². The molecule has 4 atom stereocenters. The van der Waals surface area contributed by atoms with Crippen LogP contribution in [-0.4, -0.2) is 54.9 Å². The number of carbonyl (C=O) groups excluding carboxylic acids is 1. The molecule has 3 heterocycles. The largest absolute Gasteiger partial charge is 0.450 e. The van der Waals surface area contributed by atoms with Crippen molar-refractivity contribution in [3.8, 4) is 0 Å². The molecule has 0 aliphatic carbocycles. The Balaban J connectivity index is 1.63. The molecule has 3 saturated heterocycles. The van der Waals surface area contributed by atoms with Crippen molar-refractivity contribution in [3.63, 3.8) is 0 Å². The second-order valence-electron chi connectivity index (χ2n) is 7.74. The van der Waals surface area contributed by atoms with Gasteiger partial charge in [0.25, 0.3) is 0 Å². The maximum Gasteiger partial charge on any atom is 0.338 e. The van der Waals surface area contributed by atoms with Gasteiger partial charge in [0.2, 0.25) is 5.79 Å². The van der Waals surface area contributed by atoms with Crippen molar-refractivity contribution >= 4 is 5.97 Å². The fourth-order valence-corrected chi connectivity index (χ4v) is 3.61. The van der Waals surface area contributed by atoms with Crippen molar-refractivity contribution in [2.45, 2.75) is 63.4 Å². The Labute approximate surface area is 152 Å². The van der Waals surface area contributed by atoms with Crippen molar-refractivity contribution in [3.05, 3.63) is 35.9 Å². The standard InChI is InChI=1S/C19H24O7/c1-17(2)21-10-13-14(25-17)15(19(24-13)11-22-18(3,4)26-19)23-16(20)12-8-6-5-7-9-12/h5-9,13-15H,10-11H2,1-4H3/t13-,14+,15-,19-/m0/s1. The van der Waals surface area contributed by atoms with Gasteiger partial charge in [0.1, 0.15) is 18.8 Å². The molecule has 0 unspecified atom stereocenters. The summed E-state index contributed by atoms with van der Waals surface area (Å²) in [5, 5.41) is 0. The van der Waals surface area contributed by atoms with Gasteiger partial charge in [-0.1, -0.05) is 18.2 Å². The first kappa shape index (κ1) is 17.9. The number of ether oxygens (including phenoxy) is 6. The number of carbonyl (C=O) groups is 1. The molecule has 1 aromatic rings. The number of rotatable bonds is 2. The summed E-state index contributed by atoms with van der Waals surface area (Å²) in [6, 6.07) is 8.81. The molecule has 3 aliphatic heterocycles.